The van der Waals surface area contributed by atoms with Gasteiger partial charge in [-0.1, -0.05) is 24.3 Å². The molecule has 1 amide bonds. The third kappa shape index (κ3) is 3.77. The molecule has 0 aliphatic carbocycles. The molecule has 124 valence electrons. The first-order valence-electron chi connectivity index (χ1n) is 8.26. The Labute approximate surface area is 143 Å². The Hall–Kier alpha value is -2.75. The second-order valence-electron chi connectivity index (χ2n) is 6.09. The molecule has 0 atom stereocenters. The van der Waals surface area contributed by atoms with Crippen LogP contribution >= 0.6 is 0 Å². The number of hydrogen-bond acceptors (Lipinski definition) is 3. The number of nitrogen functional groups attached to an aromatic ring is 1. The second kappa shape index (κ2) is 7.21. The van der Waals surface area contributed by atoms with Crippen molar-refractivity contribution in [3.63, 3.8) is 0 Å². The van der Waals surface area contributed by atoms with Crippen LogP contribution in [0.5, 0.6) is 0 Å². The summed E-state index contributed by atoms with van der Waals surface area (Å²) >= 11 is 0. The summed E-state index contributed by atoms with van der Waals surface area (Å²) in [6.07, 6.45) is 3.59. The van der Waals surface area contributed by atoms with E-state index in [2.05, 4.69) is 17.9 Å². The van der Waals surface area contributed by atoms with E-state index in [-0.39, 0.29) is 5.91 Å². The molecule has 0 spiro atoms. The lowest BCUT2D eigenvalue weighted by atomic mass is 10.1. The minimum Gasteiger partial charge on any atom is -0.399 e. The van der Waals surface area contributed by atoms with Crippen LogP contribution in [0.25, 0.3) is 6.08 Å². The van der Waals surface area contributed by atoms with Crippen molar-refractivity contribution in [1.29, 1.82) is 0 Å². The van der Waals surface area contributed by atoms with Crippen LogP contribution in [0.1, 0.15) is 11.1 Å². The summed E-state index contributed by atoms with van der Waals surface area (Å²) in [5, 5.41) is 0. The minimum absolute atomic E-state index is 0.0789. The van der Waals surface area contributed by atoms with E-state index in [1.807, 2.05) is 53.4 Å². The summed E-state index contributed by atoms with van der Waals surface area (Å²) in [6, 6.07) is 16.0. The van der Waals surface area contributed by atoms with Crippen molar-refractivity contribution in [3.8, 4) is 0 Å². The number of aryl methyl sites for hydroxylation is 1. The molecule has 4 nitrogen and oxygen atoms in total. The van der Waals surface area contributed by atoms with E-state index in [4.69, 9.17) is 5.73 Å². The number of piperazine rings is 1. The van der Waals surface area contributed by atoms with Crippen LogP contribution in [-0.2, 0) is 4.79 Å². The van der Waals surface area contributed by atoms with Gasteiger partial charge in [-0.15, -0.1) is 0 Å². The summed E-state index contributed by atoms with van der Waals surface area (Å²) < 4.78 is 0. The Bertz CT molecular complexity index is 729. The van der Waals surface area contributed by atoms with E-state index in [1.165, 1.54) is 5.56 Å². The molecule has 4 heteroatoms. The van der Waals surface area contributed by atoms with E-state index in [1.54, 1.807) is 6.08 Å². The molecule has 0 aromatic heterocycles. The van der Waals surface area contributed by atoms with Crippen LogP contribution in [0.15, 0.2) is 54.6 Å². The number of rotatable bonds is 3. The molecular weight excluding hydrogens is 298 g/mol. The number of nitrogens with zero attached hydrogens (tertiary/aromatic N) is 2. The van der Waals surface area contributed by atoms with Gasteiger partial charge in [0.05, 0.1) is 0 Å². The molecule has 2 aromatic carbocycles. The molecule has 24 heavy (non-hydrogen) atoms. The lowest BCUT2D eigenvalue weighted by Crippen LogP contribution is -2.48. The van der Waals surface area contributed by atoms with Gasteiger partial charge in [-0.05, 0) is 48.4 Å². The molecule has 1 heterocycles. The maximum Gasteiger partial charge on any atom is 0.246 e. The molecule has 0 saturated carbocycles. The molecule has 0 bridgehead atoms. The number of carbonyl (C=O) groups is 1. The highest BCUT2D eigenvalue weighted by Crippen LogP contribution is 2.18. The van der Waals surface area contributed by atoms with Crippen LogP contribution in [0, 0.1) is 6.92 Å². The molecule has 1 aliphatic rings. The van der Waals surface area contributed by atoms with Gasteiger partial charge in [0.1, 0.15) is 0 Å². The van der Waals surface area contributed by atoms with E-state index < -0.39 is 0 Å². The Morgan fingerprint density at radius 3 is 2.33 bits per heavy atom. The number of carbonyl (C=O) groups excluding carboxylic acids is 1. The van der Waals surface area contributed by atoms with Gasteiger partial charge in [-0.3, -0.25) is 4.79 Å². The van der Waals surface area contributed by atoms with Crippen LogP contribution in [0.3, 0.4) is 0 Å². The highest BCUT2D eigenvalue weighted by molar-refractivity contribution is 5.92. The van der Waals surface area contributed by atoms with Crippen LogP contribution in [-0.4, -0.2) is 37.0 Å². The van der Waals surface area contributed by atoms with E-state index in [9.17, 15) is 4.79 Å². The molecule has 3 rings (SSSR count). The van der Waals surface area contributed by atoms with Crippen molar-refractivity contribution < 1.29 is 4.79 Å². The Morgan fingerprint density at radius 2 is 1.67 bits per heavy atom. The standard InChI is InChI=1S/C20H23N3O/c1-16-4-2-3-5-17(16)6-11-20(24)23-14-12-22(13-15-23)19-9-7-18(21)8-10-19/h2-11H,12-15,21H2,1H3/b11-6+. The molecule has 0 radical (unpaired) electrons. The lowest BCUT2D eigenvalue weighted by molar-refractivity contribution is -0.126. The average molecular weight is 321 g/mol. The van der Waals surface area contributed by atoms with Crippen molar-refractivity contribution in [3.05, 3.63) is 65.7 Å². The molecule has 1 saturated heterocycles. The van der Waals surface area contributed by atoms with Crippen molar-refractivity contribution in [1.82, 2.24) is 4.90 Å². The summed E-state index contributed by atoms with van der Waals surface area (Å²) in [5.74, 6) is 0.0789. The SMILES string of the molecule is Cc1ccccc1/C=C/C(=O)N1CCN(c2ccc(N)cc2)CC1. The van der Waals surface area contributed by atoms with Gasteiger partial charge in [-0.25, -0.2) is 0 Å². The lowest BCUT2D eigenvalue weighted by Gasteiger charge is -2.35. The molecule has 1 fully saturated rings. The van der Waals surface area contributed by atoms with E-state index >= 15 is 0 Å². The van der Waals surface area contributed by atoms with Gasteiger partial charge in [0.15, 0.2) is 0 Å². The van der Waals surface area contributed by atoms with Crippen molar-refractivity contribution in [2.24, 2.45) is 0 Å². The number of nitrogens with two attached hydrogens (primary N) is 1. The first-order chi connectivity index (χ1) is 11.6. The summed E-state index contributed by atoms with van der Waals surface area (Å²) in [6.45, 7) is 5.21. The molecule has 2 aromatic rings. The Kier molecular flexibility index (Phi) is 4.85. The molecule has 0 unspecified atom stereocenters. The Morgan fingerprint density at radius 1 is 1.00 bits per heavy atom. The zero-order chi connectivity index (χ0) is 16.9. The maximum absolute atomic E-state index is 12.4. The highest BCUT2D eigenvalue weighted by Gasteiger charge is 2.19. The molecule has 1 aliphatic heterocycles. The number of hydrogen-bond donors (Lipinski definition) is 1. The van der Waals surface area contributed by atoms with Gasteiger partial charge < -0.3 is 15.5 Å². The minimum atomic E-state index is 0.0789. The van der Waals surface area contributed by atoms with Crippen LogP contribution < -0.4 is 10.6 Å². The largest absolute Gasteiger partial charge is 0.399 e. The van der Waals surface area contributed by atoms with Crippen molar-refractivity contribution >= 4 is 23.4 Å². The number of benzene rings is 2. The average Bonchev–Trinajstić information content (AvgIpc) is 2.62. The summed E-state index contributed by atoms with van der Waals surface area (Å²) in [4.78, 5) is 16.6. The third-order valence-electron chi connectivity index (χ3n) is 4.44. The zero-order valence-corrected chi connectivity index (χ0v) is 14.0. The quantitative estimate of drug-likeness (QED) is 0.698. The van der Waals surface area contributed by atoms with Gasteiger partial charge in [0, 0.05) is 43.6 Å². The molecule has 2 N–H and O–H groups in total. The highest BCUT2D eigenvalue weighted by atomic mass is 16.2. The Balaban J connectivity index is 1.57. The van der Waals surface area contributed by atoms with Crippen LogP contribution in [0.4, 0.5) is 11.4 Å². The first kappa shape index (κ1) is 16.1. The topological polar surface area (TPSA) is 49.6 Å². The molecular formula is C20H23N3O. The second-order valence-corrected chi connectivity index (χ2v) is 6.09. The van der Waals surface area contributed by atoms with Gasteiger partial charge >= 0.3 is 0 Å². The first-order valence-corrected chi connectivity index (χ1v) is 8.26. The van der Waals surface area contributed by atoms with Gasteiger partial charge in [-0.2, -0.15) is 0 Å². The smallest absolute Gasteiger partial charge is 0.246 e. The maximum atomic E-state index is 12.4. The summed E-state index contributed by atoms with van der Waals surface area (Å²) in [5.41, 5.74) is 9.93. The van der Waals surface area contributed by atoms with Crippen LogP contribution in [0.2, 0.25) is 0 Å². The van der Waals surface area contributed by atoms with E-state index in [0.29, 0.717) is 0 Å². The fraction of sp³-hybridized carbons (Fsp3) is 0.250. The zero-order valence-electron chi connectivity index (χ0n) is 14.0. The monoisotopic (exact) mass is 321 g/mol. The summed E-state index contributed by atoms with van der Waals surface area (Å²) in [7, 11) is 0. The predicted molar refractivity (Wildman–Crippen MR) is 99.9 cm³/mol. The van der Waals surface area contributed by atoms with Crippen molar-refractivity contribution in [2.45, 2.75) is 6.92 Å². The van der Waals surface area contributed by atoms with Crippen molar-refractivity contribution in [2.75, 3.05) is 36.8 Å². The predicted octanol–water partition coefficient (Wildman–Crippen LogP) is 2.94. The van der Waals surface area contributed by atoms with Gasteiger partial charge in [0.2, 0.25) is 5.91 Å². The normalized spacial score (nSPS) is 15.0. The number of anilines is 2. The fourth-order valence-electron chi connectivity index (χ4n) is 2.91. The third-order valence-corrected chi connectivity index (χ3v) is 4.44. The van der Waals surface area contributed by atoms with Gasteiger partial charge in [0.25, 0.3) is 0 Å². The fourth-order valence-corrected chi connectivity index (χ4v) is 2.91. The van der Waals surface area contributed by atoms with E-state index in [0.717, 1.165) is 43.1 Å². The number of amides is 1.